The highest BCUT2D eigenvalue weighted by atomic mass is 19.1. The summed E-state index contributed by atoms with van der Waals surface area (Å²) in [6.07, 6.45) is 1.66. The van der Waals surface area contributed by atoms with E-state index in [4.69, 9.17) is 12.6 Å². The summed E-state index contributed by atoms with van der Waals surface area (Å²) in [4.78, 5) is 16.5. The summed E-state index contributed by atoms with van der Waals surface area (Å²) in [7, 11) is 6.04. The molecule has 2 aromatic rings. The normalized spacial score (nSPS) is 27.4. The van der Waals surface area contributed by atoms with Gasteiger partial charge in [0.05, 0.1) is 18.0 Å². The summed E-state index contributed by atoms with van der Waals surface area (Å²) >= 11 is 0. The highest BCUT2D eigenvalue weighted by molar-refractivity contribution is 6.33. The summed E-state index contributed by atoms with van der Waals surface area (Å²) in [5, 5.41) is 13.5. The predicted molar refractivity (Wildman–Crippen MR) is 112 cm³/mol. The van der Waals surface area contributed by atoms with Crippen LogP contribution in [0.25, 0.3) is 0 Å². The lowest BCUT2D eigenvalue weighted by Gasteiger charge is -2.46. The van der Waals surface area contributed by atoms with Gasteiger partial charge in [0.15, 0.2) is 13.5 Å². The van der Waals surface area contributed by atoms with Crippen LogP contribution in [0.5, 0.6) is 5.75 Å². The quantitative estimate of drug-likeness (QED) is 0.587. The van der Waals surface area contributed by atoms with Crippen molar-refractivity contribution < 1.29 is 19.0 Å². The minimum atomic E-state index is -2.03. The summed E-state index contributed by atoms with van der Waals surface area (Å²) in [6, 6.07) is 11.9. The first kappa shape index (κ1) is 19.4. The van der Waals surface area contributed by atoms with E-state index in [1.807, 2.05) is 12.1 Å². The van der Waals surface area contributed by atoms with Gasteiger partial charge in [-0.15, -0.1) is 0 Å². The van der Waals surface area contributed by atoms with Crippen molar-refractivity contribution in [3.8, 4) is 5.75 Å². The molecule has 30 heavy (non-hydrogen) atoms. The Balaban J connectivity index is 1.25. The van der Waals surface area contributed by atoms with E-state index in [2.05, 4.69) is 16.3 Å². The topological polar surface area (TPSA) is 65.0 Å². The van der Waals surface area contributed by atoms with Gasteiger partial charge in [0, 0.05) is 31.6 Å². The molecule has 0 aliphatic carbocycles. The number of amides is 1. The van der Waals surface area contributed by atoms with E-state index >= 15 is 0 Å². The molecule has 0 saturated carbocycles. The number of halogens is 1. The molecule has 3 aliphatic rings. The number of hydrogen-bond donors (Lipinski definition) is 2. The molecule has 1 saturated heterocycles. The second kappa shape index (κ2) is 7.28. The van der Waals surface area contributed by atoms with Crippen molar-refractivity contribution in [2.75, 3.05) is 36.5 Å². The Morgan fingerprint density at radius 1 is 1.27 bits per heavy atom. The van der Waals surface area contributed by atoms with Crippen LogP contribution in [0.2, 0.25) is 0 Å². The van der Waals surface area contributed by atoms with Crippen molar-refractivity contribution >= 4 is 25.1 Å². The lowest BCUT2D eigenvalue weighted by Crippen LogP contribution is -2.64. The zero-order chi connectivity index (χ0) is 20.9. The predicted octanol–water partition coefficient (Wildman–Crippen LogP) is 2.04. The van der Waals surface area contributed by atoms with Gasteiger partial charge in [-0.05, 0) is 48.7 Å². The van der Waals surface area contributed by atoms with E-state index in [9.17, 15) is 14.3 Å². The number of carbonyl (C=O) groups excluding carboxylic acids is 1. The van der Waals surface area contributed by atoms with Gasteiger partial charge in [0.2, 0.25) is 0 Å². The monoisotopic (exact) mass is 407 g/mol. The van der Waals surface area contributed by atoms with Crippen LogP contribution in [0.1, 0.15) is 24.3 Å². The van der Waals surface area contributed by atoms with Gasteiger partial charge in [0.1, 0.15) is 11.6 Å². The van der Waals surface area contributed by atoms with Gasteiger partial charge < -0.3 is 25.0 Å². The van der Waals surface area contributed by atoms with Crippen molar-refractivity contribution in [3.63, 3.8) is 0 Å². The number of fused-ring (bicyclic) bond motifs is 3. The largest absolute Gasteiger partial charge is 0.494 e. The number of likely N-dealkylation sites (tertiary alicyclic amines) is 1. The Labute approximate surface area is 176 Å². The van der Waals surface area contributed by atoms with Crippen molar-refractivity contribution in [1.82, 2.24) is 4.90 Å². The summed E-state index contributed by atoms with van der Waals surface area (Å²) < 4.78 is 18.7. The molecule has 3 heterocycles. The molecule has 1 fully saturated rings. The average molecular weight is 407 g/mol. The van der Waals surface area contributed by atoms with Crippen molar-refractivity contribution in [2.24, 2.45) is 0 Å². The number of hydrogen-bond acceptors (Lipinski definition) is 5. The average Bonchev–Trinajstić information content (AvgIpc) is 3.07. The van der Waals surface area contributed by atoms with E-state index in [-0.39, 0.29) is 17.8 Å². The molecule has 2 aromatic carbocycles. The Bertz CT molecular complexity index is 969. The van der Waals surface area contributed by atoms with Crippen molar-refractivity contribution in [3.05, 3.63) is 53.8 Å². The van der Waals surface area contributed by atoms with Gasteiger partial charge in [-0.25, -0.2) is 4.39 Å². The molecule has 154 valence electrons. The van der Waals surface area contributed by atoms with Crippen LogP contribution < -0.4 is 15.0 Å². The van der Waals surface area contributed by atoms with Crippen LogP contribution in [0.15, 0.2) is 42.5 Å². The van der Waals surface area contributed by atoms with Crippen LogP contribution in [0.3, 0.4) is 0 Å². The zero-order valence-corrected chi connectivity index (χ0v) is 16.6. The molecule has 1 amide bonds. The number of anilines is 2. The van der Waals surface area contributed by atoms with E-state index in [1.165, 1.54) is 12.1 Å². The Kier molecular flexibility index (Phi) is 4.71. The van der Waals surface area contributed by atoms with E-state index in [1.54, 1.807) is 17.0 Å². The maximum Gasteiger partial charge on any atom is 0.266 e. The Morgan fingerprint density at radius 3 is 2.87 bits per heavy atom. The number of rotatable bonds is 5. The molecule has 3 atom stereocenters. The van der Waals surface area contributed by atoms with Gasteiger partial charge in [-0.3, -0.25) is 4.79 Å². The molecule has 3 aliphatic heterocycles. The third kappa shape index (κ3) is 3.15. The third-order valence-corrected chi connectivity index (χ3v) is 6.35. The van der Waals surface area contributed by atoms with Crippen LogP contribution in [0, 0.1) is 5.82 Å². The molecule has 3 unspecified atom stereocenters. The maximum atomic E-state index is 13.0. The molecule has 0 bridgehead atoms. The van der Waals surface area contributed by atoms with Gasteiger partial charge in [-0.2, -0.15) is 0 Å². The van der Waals surface area contributed by atoms with Crippen LogP contribution in [-0.4, -0.2) is 61.7 Å². The molecule has 0 aromatic heterocycles. The third-order valence-electron chi connectivity index (χ3n) is 6.35. The zero-order valence-electron chi connectivity index (χ0n) is 16.6. The summed E-state index contributed by atoms with van der Waals surface area (Å²) in [5.74, 6) is -0.0204. The number of piperidine rings is 1. The first-order chi connectivity index (χ1) is 14.4. The first-order valence-electron chi connectivity index (χ1n) is 10.3. The number of para-hydroxylation sites is 1. The smallest absolute Gasteiger partial charge is 0.266 e. The number of aliphatic hydroxyl groups is 1. The van der Waals surface area contributed by atoms with E-state index < -0.39 is 11.5 Å². The number of nitrogens with zero attached hydrogens (tertiary/aromatic N) is 2. The molecule has 2 N–H and O–H groups in total. The number of nitrogens with one attached hydrogen (secondary N) is 1. The van der Waals surface area contributed by atoms with Crippen molar-refractivity contribution in [1.29, 1.82) is 0 Å². The molecule has 5 rings (SSSR count). The molecule has 2 radical (unpaired) electrons. The highest BCUT2D eigenvalue weighted by Crippen LogP contribution is 2.52. The fourth-order valence-electron chi connectivity index (χ4n) is 4.98. The minimum absolute atomic E-state index is 0.00563. The van der Waals surface area contributed by atoms with Crippen LogP contribution in [-0.2, 0) is 4.79 Å². The minimum Gasteiger partial charge on any atom is -0.494 e. The molecular weight excluding hydrogens is 384 g/mol. The highest BCUT2D eigenvalue weighted by Gasteiger charge is 2.53. The lowest BCUT2D eigenvalue weighted by atomic mass is 9.83. The van der Waals surface area contributed by atoms with Gasteiger partial charge >= 0.3 is 0 Å². The second-order valence-electron chi connectivity index (χ2n) is 8.21. The molecular formula is C22H23BFN3O3. The fourth-order valence-corrected chi connectivity index (χ4v) is 4.98. The first-order valence-corrected chi connectivity index (χ1v) is 10.3. The Morgan fingerprint density at radius 2 is 2.07 bits per heavy atom. The van der Waals surface area contributed by atoms with E-state index in [0.29, 0.717) is 18.0 Å². The SMILES string of the molecule is [B]C1(O)C(=O)Nc2cccc3c2N1C1CCN(CCCOc2ccc(F)cc2)CC31. The number of benzene rings is 2. The standard InChI is InChI=1S/C22H23BFN3O3/c23-22(29)21(28)25-18-4-1-3-16-17-13-26(11-9-19(17)27(22)20(16)18)10-2-12-30-15-7-5-14(24)6-8-15/h1,3-8,17,19,29H,2,9-13H2,(H,25,28). The van der Waals surface area contributed by atoms with Crippen LogP contribution >= 0.6 is 0 Å². The van der Waals surface area contributed by atoms with Gasteiger partial charge in [0.25, 0.3) is 5.91 Å². The van der Waals surface area contributed by atoms with Crippen molar-refractivity contribution in [2.45, 2.75) is 30.4 Å². The lowest BCUT2D eigenvalue weighted by molar-refractivity contribution is -0.127. The van der Waals surface area contributed by atoms with E-state index in [0.717, 1.165) is 43.7 Å². The molecule has 8 heteroatoms. The van der Waals surface area contributed by atoms with Gasteiger partial charge in [-0.1, -0.05) is 12.1 Å². The molecule has 0 spiro atoms. The summed E-state index contributed by atoms with van der Waals surface area (Å²) in [6.45, 7) is 3.13. The number of ether oxygens (including phenoxy) is 1. The number of carbonyl (C=O) groups is 1. The Hall–Kier alpha value is -2.58. The molecule has 6 nitrogen and oxygen atoms in total. The second-order valence-corrected chi connectivity index (χ2v) is 8.21. The fraction of sp³-hybridized carbons (Fsp3) is 0.409. The maximum absolute atomic E-state index is 13.0. The van der Waals surface area contributed by atoms with Crippen LogP contribution in [0.4, 0.5) is 15.8 Å². The summed E-state index contributed by atoms with van der Waals surface area (Å²) in [5.41, 5.74) is 0.641.